The van der Waals surface area contributed by atoms with Gasteiger partial charge in [0.25, 0.3) is 5.91 Å². The van der Waals surface area contributed by atoms with Crippen LogP contribution in [0.1, 0.15) is 30.7 Å². The molecule has 1 amide bonds. The van der Waals surface area contributed by atoms with E-state index in [0.717, 1.165) is 25.1 Å². The summed E-state index contributed by atoms with van der Waals surface area (Å²) in [5.74, 6) is 1.64. The number of hydrogen-bond donors (Lipinski definition) is 2. The molecule has 1 saturated heterocycles. The van der Waals surface area contributed by atoms with Gasteiger partial charge in [0.2, 0.25) is 15.2 Å². The summed E-state index contributed by atoms with van der Waals surface area (Å²) in [7, 11) is -3.49. The van der Waals surface area contributed by atoms with Crippen molar-refractivity contribution in [3.05, 3.63) is 29.6 Å². The first-order chi connectivity index (χ1) is 14.4. The summed E-state index contributed by atoms with van der Waals surface area (Å²) in [6.07, 6.45) is 2.86. The number of amides is 1. The quantitative estimate of drug-likeness (QED) is 0.440. The van der Waals surface area contributed by atoms with Crippen molar-refractivity contribution in [2.24, 2.45) is 0 Å². The molecule has 11 heteroatoms. The molecule has 2 heterocycles. The summed E-state index contributed by atoms with van der Waals surface area (Å²) < 4.78 is 32.7. The molecule has 0 aliphatic carbocycles. The van der Waals surface area contributed by atoms with Gasteiger partial charge in [0.05, 0.1) is 4.90 Å². The smallest absolute Gasteiger partial charge is 0.257 e. The van der Waals surface area contributed by atoms with Crippen LogP contribution in [0, 0.1) is 13.8 Å². The SMILES string of the molecule is Cc1nc(SCCNC(=O)COc2ccc(S(=O)(=O)N3CCCCC3)cc2C)n[nH]1. The zero-order valence-electron chi connectivity index (χ0n) is 17.2. The largest absolute Gasteiger partial charge is 0.484 e. The number of piperidine rings is 1. The van der Waals surface area contributed by atoms with Crippen LogP contribution >= 0.6 is 11.8 Å². The number of H-pyrrole nitrogens is 1. The lowest BCUT2D eigenvalue weighted by Gasteiger charge is -2.26. The monoisotopic (exact) mass is 453 g/mol. The lowest BCUT2D eigenvalue weighted by atomic mass is 10.2. The van der Waals surface area contributed by atoms with Crippen molar-refractivity contribution in [2.45, 2.75) is 43.2 Å². The van der Waals surface area contributed by atoms with Gasteiger partial charge in [-0.25, -0.2) is 13.4 Å². The predicted molar refractivity (Wildman–Crippen MR) is 114 cm³/mol. The van der Waals surface area contributed by atoms with Crippen LogP contribution in [0.25, 0.3) is 0 Å². The highest BCUT2D eigenvalue weighted by Crippen LogP contribution is 2.25. The fraction of sp³-hybridized carbons (Fsp3) is 0.526. The fourth-order valence-electron chi connectivity index (χ4n) is 3.11. The lowest BCUT2D eigenvalue weighted by molar-refractivity contribution is -0.122. The van der Waals surface area contributed by atoms with E-state index in [1.165, 1.54) is 16.1 Å². The van der Waals surface area contributed by atoms with E-state index in [-0.39, 0.29) is 17.4 Å². The van der Waals surface area contributed by atoms with Gasteiger partial charge in [0.15, 0.2) is 6.61 Å². The minimum absolute atomic E-state index is 0.135. The van der Waals surface area contributed by atoms with Crippen LogP contribution in [0.5, 0.6) is 5.75 Å². The number of rotatable bonds is 9. The Morgan fingerprint density at radius 3 is 2.70 bits per heavy atom. The van der Waals surface area contributed by atoms with Crippen LogP contribution in [-0.2, 0) is 14.8 Å². The number of ether oxygens (including phenoxy) is 1. The Morgan fingerprint density at radius 2 is 2.03 bits per heavy atom. The van der Waals surface area contributed by atoms with Crippen molar-refractivity contribution in [1.29, 1.82) is 0 Å². The summed E-state index contributed by atoms with van der Waals surface area (Å²) in [6.45, 7) is 5.06. The molecule has 2 aromatic rings. The van der Waals surface area contributed by atoms with Gasteiger partial charge in [-0.3, -0.25) is 9.89 Å². The average molecular weight is 454 g/mol. The molecule has 1 aliphatic rings. The van der Waals surface area contributed by atoms with Crippen molar-refractivity contribution in [2.75, 3.05) is 32.0 Å². The molecule has 1 aliphatic heterocycles. The predicted octanol–water partition coefficient (Wildman–Crippen LogP) is 1.88. The summed E-state index contributed by atoms with van der Waals surface area (Å²) in [4.78, 5) is 16.4. The van der Waals surface area contributed by atoms with Crippen molar-refractivity contribution < 1.29 is 17.9 Å². The van der Waals surface area contributed by atoms with E-state index in [2.05, 4.69) is 20.5 Å². The van der Waals surface area contributed by atoms with Crippen LogP contribution in [0.2, 0.25) is 0 Å². The normalized spacial score (nSPS) is 15.1. The van der Waals surface area contributed by atoms with Crippen molar-refractivity contribution in [3.8, 4) is 5.75 Å². The first-order valence-electron chi connectivity index (χ1n) is 9.88. The molecule has 1 aromatic heterocycles. The molecule has 30 heavy (non-hydrogen) atoms. The Kier molecular flexibility index (Phi) is 7.73. The summed E-state index contributed by atoms with van der Waals surface area (Å²) in [6, 6.07) is 4.76. The van der Waals surface area contributed by atoms with Crippen LogP contribution in [0.4, 0.5) is 0 Å². The van der Waals surface area contributed by atoms with Crippen LogP contribution in [0.3, 0.4) is 0 Å². The van der Waals surface area contributed by atoms with Crippen molar-refractivity contribution in [1.82, 2.24) is 24.8 Å². The van der Waals surface area contributed by atoms with Gasteiger partial charge in [-0.1, -0.05) is 18.2 Å². The second-order valence-electron chi connectivity index (χ2n) is 7.08. The van der Waals surface area contributed by atoms with E-state index in [4.69, 9.17) is 4.74 Å². The third-order valence-electron chi connectivity index (χ3n) is 4.69. The number of carbonyl (C=O) groups is 1. The molecule has 164 valence electrons. The molecule has 3 rings (SSSR count). The van der Waals surface area contributed by atoms with E-state index in [0.29, 0.717) is 41.9 Å². The van der Waals surface area contributed by atoms with E-state index in [1.54, 1.807) is 25.1 Å². The van der Waals surface area contributed by atoms with Gasteiger partial charge >= 0.3 is 0 Å². The average Bonchev–Trinajstić information content (AvgIpc) is 3.16. The van der Waals surface area contributed by atoms with Gasteiger partial charge in [0, 0.05) is 25.4 Å². The fourth-order valence-corrected chi connectivity index (χ4v) is 5.41. The third kappa shape index (κ3) is 5.96. The van der Waals surface area contributed by atoms with Crippen LogP contribution in [-0.4, -0.2) is 65.8 Å². The molecule has 1 fully saturated rings. The number of thioether (sulfide) groups is 1. The number of hydrogen-bond acceptors (Lipinski definition) is 7. The first-order valence-corrected chi connectivity index (χ1v) is 12.3. The number of aromatic amines is 1. The standard InChI is InChI=1S/C19H27N5O4S2/c1-14-12-16(30(26,27)24-9-4-3-5-10-24)6-7-17(14)28-13-18(25)20-8-11-29-19-21-15(2)22-23-19/h6-7,12H,3-5,8-11,13H2,1-2H3,(H,20,25)(H,21,22,23). The van der Waals surface area contributed by atoms with Crippen molar-refractivity contribution >= 4 is 27.7 Å². The zero-order chi connectivity index (χ0) is 21.6. The number of nitrogens with zero attached hydrogens (tertiary/aromatic N) is 3. The molecule has 1 aromatic carbocycles. The van der Waals surface area contributed by atoms with Gasteiger partial charge in [0.1, 0.15) is 11.6 Å². The van der Waals surface area contributed by atoms with Crippen LogP contribution in [0.15, 0.2) is 28.3 Å². The Hall–Kier alpha value is -2.11. The molecule has 0 bridgehead atoms. The Balaban J connectivity index is 1.46. The van der Waals surface area contributed by atoms with Gasteiger partial charge in [-0.2, -0.15) is 4.31 Å². The van der Waals surface area contributed by atoms with Gasteiger partial charge in [-0.15, -0.1) is 5.10 Å². The van der Waals surface area contributed by atoms with E-state index >= 15 is 0 Å². The second-order valence-corrected chi connectivity index (χ2v) is 10.1. The second kappa shape index (κ2) is 10.3. The minimum Gasteiger partial charge on any atom is -0.484 e. The molecule has 0 radical (unpaired) electrons. The Bertz CT molecular complexity index is 971. The molecule has 0 spiro atoms. The molecule has 0 atom stereocenters. The van der Waals surface area contributed by atoms with Crippen molar-refractivity contribution in [3.63, 3.8) is 0 Å². The lowest BCUT2D eigenvalue weighted by Crippen LogP contribution is -2.35. The molecule has 2 N–H and O–H groups in total. The number of aromatic nitrogens is 3. The molecule has 9 nitrogen and oxygen atoms in total. The highest BCUT2D eigenvalue weighted by atomic mass is 32.2. The Morgan fingerprint density at radius 1 is 1.27 bits per heavy atom. The van der Waals surface area contributed by atoms with Gasteiger partial charge in [-0.05, 0) is 50.5 Å². The number of nitrogens with one attached hydrogen (secondary N) is 2. The zero-order valence-corrected chi connectivity index (χ0v) is 18.8. The molecule has 0 saturated carbocycles. The van der Waals surface area contributed by atoms with Crippen LogP contribution < -0.4 is 10.1 Å². The number of sulfonamides is 1. The maximum Gasteiger partial charge on any atom is 0.257 e. The summed E-state index contributed by atoms with van der Waals surface area (Å²) in [5, 5.41) is 10.2. The Labute approximate surface area is 181 Å². The van der Waals surface area contributed by atoms with E-state index in [1.807, 2.05) is 6.92 Å². The number of benzene rings is 1. The highest BCUT2D eigenvalue weighted by Gasteiger charge is 2.26. The minimum atomic E-state index is -3.49. The summed E-state index contributed by atoms with van der Waals surface area (Å²) in [5.41, 5.74) is 0.677. The van der Waals surface area contributed by atoms with E-state index in [9.17, 15) is 13.2 Å². The highest BCUT2D eigenvalue weighted by molar-refractivity contribution is 7.99. The van der Waals surface area contributed by atoms with E-state index < -0.39 is 10.0 Å². The third-order valence-corrected chi connectivity index (χ3v) is 7.43. The molecular formula is C19H27N5O4S2. The molecule has 0 unspecified atom stereocenters. The maximum absolute atomic E-state index is 12.8. The maximum atomic E-state index is 12.8. The number of aryl methyl sites for hydroxylation is 2. The van der Waals surface area contributed by atoms with Gasteiger partial charge < -0.3 is 10.1 Å². The molecular weight excluding hydrogens is 426 g/mol. The first kappa shape index (κ1) is 22.6. The topological polar surface area (TPSA) is 117 Å². The number of carbonyl (C=O) groups excluding carboxylic acids is 1. The summed E-state index contributed by atoms with van der Waals surface area (Å²) >= 11 is 1.45.